The Bertz CT molecular complexity index is 1300. The van der Waals surface area contributed by atoms with Crippen LogP contribution in [0, 0.1) is 11.3 Å². The third-order valence-corrected chi connectivity index (χ3v) is 6.12. The molecule has 0 aliphatic carbocycles. The maximum Gasteiger partial charge on any atom is 0.266 e. The molecule has 0 aliphatic rings. The van der Waals surface area contributed by atoms with Crippen molar-refractivity contribution >= 4 is 5.52 Å². The molecule has 4 rings (SSSR count). The molecule has 6 heteroatoms. The van der Waals surface area contributed by atoms with Crippen LogP contribution in [-0.2, 0) is 6.54 Å². The van der Waals surface area contributed by atoms with E-state index in [1.807, 2.05) is 65.3 Å². The van der Waals surface area contributed by atoms with E-state index in [-0.39, 0.29) is 5.56 Å². The van der Waals surface area contributed by atoms with Crippen LogP contribution >= 0.6 is 0 Å². The number of benzene rings is 1. The van der Waals surface area contributed by atoms with Crippen molar-refractivity contribution in [3.63, 3.8) is 0 Å². The van der Waals surface area contributed by atoms with Gasteiger partial charge < -0.3 is 0 Å². The number of pyridine rings is 1. The summed E-state index contributed by atoms with van der Waals surface area (Å²) in [6, 6.07) is 21.7. The summed E-state index contributed by atoms with van der Waals surface area (Å²) in [5.74, 6) is 0. The third kappa shape index (κ3) is 5.79. The summed E-state index contributed by atoms with van der Waals surface area (Å²) in [5.41, 5.74) is 4.48. The maximum atomic E-state index is 12.5. The molecular formula is C28H31N5O. The van der Waals surface area contributed by atoms with Gasteiger partial charge in [-0.05, 0) is 31.0 Å². The molecule has 0 aliphatic heterocycles. The standard InChI is InChI=1S/C28H31N5O/c29-20-12-6-4-2-1-3-5-7-13-22-33-26(34)19-18-24(30-33)27-25-17-11-14-21-32(25)31-28(27)23-15-9-8-10-16-23/h8-11,14-19,21H,1-7,12-13,22H2. The number of nitrogens with zero attached hydrogens (tertiary/aromatic N) is 5. The number of aromatic nitrogens is 4. The molecule has 174 valence electrons. The summed E-state index contributed by atoms with van der Waals surface area (Å²) in [5, 5.41) is 18.1. The summed E-state index contributed by atoms with van der Waals surface area (Å²) < 4.78 is 3.47. The molecule has 34 heavy (non-hydrogen) atoms. The van der Waals surface area contributed by atoms with Crippen molar-refractivity contribution in [2.24, 2.45) is 0 Å². The molecule has 0 saturated carbocycles. The van der Waals surface area contributed by atoms with E-state index in [0.717, 1.165) is 53.7 Å². The van der Waals surface area contributed by atoms with Crippen molar-refractivity contribution in [2.75, 3.05) is 0 Å². The number of hydrogen-bond donors (Lipinski definition) is 0. The van der Waals surface area contributed by atoms with Crippen molar-refractivity contribution in [3.05, 3.63) is 77.2 Å². The van der Waals surface area contributed by atoms with E-state index in [4.69, 9.17) is 15.5 Å². The largest absolute Gasteiger partial charge is 0.268 e. The van der Waals surface area contributed by atoms with Gasteiger partial charge in [-0.2, -0.15) is 15.5 Å². The van der Waals surface area contributed by atoms with Crippen LogP contribution in [0.15, 0.2) is 71.7 Å². The van der Waals surface area contributed by atoms with Crippen molar-refractivity contribution < 1.29 is 0 Å². The van der Waals surface area contributed by atoms with Gasteiger partial charge in [0.1, 0.15) is 5.69 Å². The zero-order valence-electron chi connectivity index (χ0n) is 19.6. The Labute approximate surface area is 200 Å². The van der Waals surface area contributed by atoms with Gasteiger partial charge in [-0.1, -0.05) is 74.9 Å². The molecule has 0 fully saturated rings. The molecule has 0 spiro atoms. The number of fused-ring (bicyclic) bond motifs is 1. The van der Waals surface area contributed by atoms with E-state index in [0.29, 0.717) is 13.0 Å². The zero-order valence-corrected chi connectivity index (χ0v) is 19.6. The predicted molar refractivity (Wildman–Crippen MR) is 135 cm³/mol. The second-order valence-corrected chi connectivity index (χ2v) is 8.64. The molecular weight excluding hydrogens is 422 g/mol. The highest BCUT2D eigenvalue weighted by Gasteiger charge is 2.18. The first kappa shape index (κ1) is 23.4. The minimum Gasteiger partial charge on any atom is -0.268 e. The Hall–Kier alpha value is -3.72. The van der Waals surface area contributed by atoms with E-state index in [9.17, 15) is 4.79 Å². The molecule has 0 N–H and O–H groups in total. The van der Waals surface area contributed by atoms with Gasteiger partial charge in [0.25, 0.3) is 5.56 Å². The van der Waals surface area contributed by atoms with Gasteiger partial charge in [0.2, 0.25) is 0 Å². The molecule has 4 aromatic rings. The summed E-state index contributed by atoms with van der Waals surface area (Å²) in [7, 11) is 0. The van der Waals surface area contributed by atoms with E-state index < -0.39 is 0 Å². The van der Waals surface area contributed by atoms with E-state index in [1.165, 1.54) is 25.7 Å². The molecule has 0 amide bonds. The van der Waals surface area contributed by atoms with Crippen LogP contribution in [-0.4, -0.2) is 19.4 Å². The molecule has 0 saturated heterocycles. The van der Waals surface area contributed by atoms with Crippen LogP contribution in [0.2, 0.25) is 0 Å². The predicted octanol–water partition coefficient (Wildman–Crippen LogP) is 6.26. The monoisotopic (exact) mass is 453 g/mol. The third-order valence-electron chi connectivity index (χ3n) is 6.12. The van der Waals surface area contributed by atoms with Gasteiger partial charge in [0, 0.05) is 30.8 Å². The van der Waals surface area contributed by atoms with Crippen LogP contribution in [0.25, 0.3) is 28.0 Å². The van der Waals surface area contributed by atoms with Gasteiger partial charge in [0.05, 0.1) is 22.8 Å². The Morgan fingerprint density at radius 1 is 0.765 bits per heavy atom. The SMILES string of the molecule is N#CCCCCCCCCCCn1nc(-c2c(-c3ccccc3)nn3ccccc23)ccc1=O. The summed E-state index contributed by atoms with van der Waals surface area (Å²) in [6.45, 7) is 0.620. The fourth-order valence-corrected chi connectivity index (χ4v) is 4.32. The highest BCUT2D eigenvalue weighted by atomic mass is 16.1. The van der Waals surface area contributed by atoms with Gasteiger partial charge in [-0.25, -0.2) is 9.20 Å². The Morgan fingerprint density at radius 2 is 1.47 bits per heavy atom. The molecule has 3 aromatic heterocycles. The number of nitriles is 1. The second kappa shape index (κ2) is 11.9. The van der Waals surface area contributed by atoms with E-state index in [1.54, 1.807) is 10.7 Å². The van der Waals surface area contributed by atoms with Crippen LogP contribution < -0.4 is 5.56 Å². The molecule has 0 radical (unpaired) electrons. The minimum absolute atomic E-state index is 0.0704. The first-order valence-corrected chi connectivity index (χ1v) is 12.3. The Morgan fingerprint density at radius 3 is 2.24 bits per heavy atom. The lowest BCUT2D eigenvalue weighted by atomic mass is 10.0. The minimum atomic E-state index is -0.0704. The lowest BCUT2D eigenvalue weighted by Crippen LogP contribution is -2.22. The van der Waals surface area contributed by atoms with Gasteiger partial charge in [-0.3, -0.25) is 4.79 Å². The molecule has 1 aromatic carbocycles. The number of rotatable bonds is 12. The fraction of sp³-hybridized carbons (Fsp3) is 0.357. The van der Waals surface area contributed by atoms with Crippen LogP contribution in [0.1, 0.15) is 57.8 Å². The van der Waals surface area contributed by atoms with Crippen molar-refractivity contribution in [1.29, 1.82) is 5.26 Å². The number of hydrogen-bond acceptors (Lipinski definition) is 4. The van der Waals surface area contributed by atoms with Crippen molar-refractivity contribution in [2.45, 2.75) is 64.3 Å². The van der Waals surface area contributed by atoms with Gasteiger partial charge in [0.15, 0.2) is 0 Å². The van der Waals surface area contributed by atoms with Gasteiger partial charge >= 0.3 is 0 Å². The van der Waals surface area contributed by atoms with Crippen LogP contribution in [0.4, 0.5) is 0 Å². The summed E-state index contributed by atoms with van der Waals surface area (Å²) in [6.07, 6.45) is 11.6. The smallest absolute Gasteiger partial charge is 0.266 e. The normalized spacial score (nSPS) is 11.0. The number of unbranched alkanes of at least 4 members (excludes halogenated alkanes) is 8. The molecule has 0 atom stereocenters. The Balaban J connectivity index is 1.45. The quantitative estimate of drug-likeness (QED) is 0.237. The molecule has 0 bridgehead atoms. The lowest BCUT2D eigenvalue weighted by molar-refractivity contribution is 0.505. The molecule has 0 unspecified atom stereocenters. The average Bonchev–Trinajstić information content (AvgIpc) is 3.26. The zero-order chi connectivity index (χ0) is 23.6. The van der Waals surface area contributed by atoms with Crippen LogP contribution in [0.3, 0.4) is 0 Å². The lowest BCUT2D eigenvalue weighted by Gasteiger charge is -2.08. The van der Waals surface area contributed by atoms with Crippen molar-refractivity contribution in [1.82, 2.24) is 19.4 Å². The molecule has 6 nitrogen and oxygen atoms in total. The highest BCUT2D eigenvalue weighted by molar-refractivity contribution is 5.90. The summed E-state index contributed by atoms with van der Waals surface area (Å²) >= 11 is 0. The van der Waals surface area contributed by atoms with Gasteiger partial charge in [-0.15, -0.1) is 0 Å². The first-order chi connectivity index (χ1) is 16.8. The fourth-order valence-electron chi connectivity index (χ4n) is 4.32. The topological polar surface area (TPSA) is 76.0 Å². The van der Waals surface area contributed by atoms with E-state index >= 15 is 0 Å². The average molecular weight is 454 g/mol. The summed E-state index contributed by atoms with van der Waals surface area (Å²) in [4.78, 5) is 12.5. The maximum absolute atomic E-state index is 12.5. The van der Waals surface area contributed by atoms with E-state index in [2.05, 4.69) is 6.07 Å². The molecule has 3 heterocycles. The number of aryl methyl sites for hydroxylation is 1. The second-order valence-electron chi connectivity index (χ2n) is 8.64. The van der Waals surface area contributed by atoms with Crippen molar-refractivity contribution in [3.8, 4) is 28.6 Å². The first-order valence-electron chi connectivity index (χ1n) is 12.3. The van der Waals surface area contributed by atoms with Crippen LogP contribution in [0.5, 0.6) is 0 Å². The highest BCUT2D eigenvalue weighted by Crippen LogP contribution is 2.33. The Kier molecular flexibility index (Phi) is 8.23.